The van der Waals surface area contributed by atoms with E-state index in [0.29, 0.717) is 12.3 Å². The van der Waals surface area contributed by atoms with E-state index in [0.717, 1.165) is 37.0 Å². The number of hydrogen-bond acceptors (Lipinski definition) is 4. The average molecular weight is 331 g/mol. The Kier molecular flexibility index (Phi) is 3.92. The van der Waals surface area contributed by atoms with Crippen LogP contribution in [0.2, 0.25) is 0 Å². The molecule has 1 saturated heterocycles. The third kappa shape index (κ3) is 2.86. The summed E-state index contributed by atoms with van der Waals surface area (Å²) in [5.74, 6) is 1.35. The number of urea groups is 1. The number of hydrogen-bond donors (Lipinski definition) is 2. The Labute approximate surface area is 140 Å². The van der Waals surface area contributed by atoms with Crippen molar-refractivity contribution >= 4 is 11.9 Å². The van der Waals surface area contributed by atoms with Crippen molar-refractivity contribution in [3.63, 3.8) is 0 Å². The highest BCUT2D eigenvalue weighted by Gasteiger charge is 2.38. The van der Waals surface area contributed by atoms with Crippen LogP contribution in [0.5, 0.6) is 11.5 Å². The van der Waals surface area contributed by atoms with E-state index < -0.39 is 0 Å². The van der Waals surface area contributed by atoms with E-state index in [2.05, 4.69) is 10.6 Å². The second-order valence-corrected chi connectivity index (χ2v) is 6.50. The van der Waals surface area contributed by atoms with E-state index in [-0.39, 0.29) is 37.4 Å². The maximum absolute atomic E-state index is 12.6. The maximum atomic E-state index is 12.6. The molecule has 0 radical (unpaired) electrons. The average Bonchev–Trinajstić information content (AvgIpc) is 3.06. The van der Waals surface area contributed by atoms with E-state index in [1.165, 1.54) is 0 Å². The van der Waals surface area contributed by atoms with Gasteiger partial charge >= 0.3 is 6.03 Å². The summed E-state index contributed by atoms with van der Waals surface area (Å²) in [5, 5.41) is 5.94. The molecule has 1 aromatic rings. The van der Waals surface area contributed by atoms with Crippen LogP contribution < -0.4 is 20.1 Å². The molecule has 0 unspecified atom stereocenters. The first-order valence-corrected chi connectivity index (χ1v) is 8.43. The fourth-order valence-corrected chi connectivity index (χ4v) is 3.73. The molecule has 4 rings (SSSR count). The van der Waals surface area contributed by atoms with Crippen molar-refractivity contribution < 1.29 is 19.1 Å². The van der Waals surface area contributed by atoms with E-state index in [1.54, 1.807) is 4.90 Å². The number of benzene rings is 1. The highest BCUT2D eigenvalue weighted by Crippen LogP contribution is 2.32. The summed E-state index contributed by atoms with van der Waals surface area (Å²) in [4.78, 5) is 26.1. The second-order valence-electron chi connectivity index (χ2n) is 6.50. The minimum Gasteiger partial charge on any atom is -0.454 e. The highest BCUT2D eigenvalue weighted by molar-refractivity contribution is 5.86. The smallest absolute Gasteiger partial charge is 0.318 e. The van der Waals surface area contributed by atoms with Gasteiger partial charge in [-0.25, -0.2) is 4.79 Å². The van der Waals surface area contributed by atoms with E-state index >= 15 is 0 Å². The number of carbonyl (C=O) groups is 2. The van der Waals surface area contributed by atoms with Gasteiger partial charge in [-0.3, -0.25) is 4.79 Å². The van der Waals surface area contributed by atoms with Crippen LogP contribution in [0, 0.1) is 0 Å². The minimum absolute atomic E-state index is 0.0728. The quantitative estimate of drug-likeness (QED) is 0.858. The summed E-state index contributed by atoms with van der Waals surface area (Å²) in [6.07, 6.45) is 4.10. The van der Waals surface area contributed by atoms with Crippen molar-refractivity contribution in [3.05, 3.63) is 23.8 Å². The van der Waals surface area contributed by atoms with Crippen molar-refractivity contribution in [3.8, 4) is 11.5 Å². The van der Waals surface area contributed by atoms with Crippen molar-refractivity contribution in [2.24, 2.45) is 0 Å². The first-order valence-electron chi connectivity index (χ1n) is 8.43. The number of ether oxygens (including phenoxy) is 2. The molecular formula is C17H21N3O4. The maximum Gasteiger partial charge on any atom is 0.318 e. The molecule has 1 aliphatic carbocycles. The molecule has 128 valence electrons. The highest BCUT2D eigenvalue weighted by atomic mass is 16.7. The summed E-state index contributed by atoms with van der Waals surface area (Å²) in [5.41, 5.74) is 0.939. The fourth-order valence-electron chi connectivity index (χ4n) is 3.73. The summed E-state index contributed by atoms with van der Waals surface area (Å²) in [6, 6.07) is 5.63. The molecule has 1 saturated carbocycles. The monoisotopic (exact) mass is 331 g/mol. The number of amides is 3. The third-order valence-electron chi connectivity index (χ3n) is 4.93. The molecule has 2 atom stereocenters. The lowest BCUT2D eigenvalue weighted by Crippen LogP contribution is -2.64. The Morgan fingerprint density at radius 1 is 1.25 bits per heavy atom. The predicted octanol–water partition coefficient (Wildman–Crippen LogP) is 1.37. The standard InChI is InChI=1S/C17H21N3O4/c21-16-9-20(13-4-2-1-3-12(13)19-16)17(22)18-8-11-5-6-14-15(7-11)24-10-23-14/h5-7,12-13H,1-4,8-10H2,(H,18,22)(H,19,21)/t12-,13+/m1/s1. The molecule has 2 N–H and O–H groups in total. The molecular weight excluding hydrogens is 310 g/mol. The van der Waals surface area contributed by atoms with Gasteiger partial charge in [0, 0.05) is 12.6 Å². The Bertz CT molecular complexity index is 663. The van der Waals surface area contributed by atoms with Gasteiger partial charge in [0.1, 0.15) is 6.54 Å². The van der Waals surface area contributed by atoms with Gasteiger partial charge in [0.15, 0.2) is 11.5 Å². The van der Waals surface area contributed by atoms with E-state index in [4.69, 9.17) is 9.47 Å². The molecule has 24 heavy (non-hydrogen) atoms. The topological polar surface area (TPSA) is 79.9 Å². The molecule has 7 heteroatoms. The van der Waals surface area contributed by atoms with E-state index in [9.17, 15) is 9.59 Å². The number of piperazine rings is 1. The second kappa shape index (κ2) is 6.22. The van der Waals surface area contributed by atoms with Crippen LogP contribution in [0.15, 0.2) is 18.2 Å². The predicted molar refractivity (Wildman–Crippen MR) is 85.7 cm³/mol. The number of nitrogens with zero attached hydrogens (tertiary/aromatic N) is 1. The van der Waals surface area contributed by atoms with Gasteiger partial charge < -0.3 is 25.0 Å². The summed E-state index contributed by atoms with van der Waals surface area (Å²) >= 11 is 0. The minimum atomic E-state index is -0.181. The number of carbonyl (C=O) groups excluding carboxylic acids is 2. The zero-order chi connectivity index (χ0) is 16.5. The molecule has 1 aromatic carbocycles. The largest absolute Gasteiger partial charge is 0.454 e. The zero-order valence-electron chi connectivity index (χ0n) is 13.4. The van der Waals surface area contributed by atoms with Gasteiger partial charge in [0.05, 0.1) is 6.04 Å². The lowest BCUT2D eigenvalue weighted by Gasteiger charge is -2.43. The van der Waals surface area contributed by atoms with Gasteiger partial charge in [-0.05, 0) is 30.5 Å². The molecule has 7 nitrogen and oxygen atoms in total. The van der Waals surface area contributed by atoms with Gasteiger partial charge in [0.25, 0.3) is 0 Å². The number of nitrogens with one attached hydrogen (secondary N) is 2. The first kappa shape index (κ1) is 15.1. The Morgan fingerprint density at radius 2 is 2.08 bits per heavy atom. The number of rotatable bonds is 2. The third-order valence-corrected chi connectivity index (χ3v) is 4.93. The fraction of sp³-hybridized carbons (Fsp3) is 0.529. The molecule has 2 fully saturated rings. The molecule has 0 bridgehead atoms. The molecule has 3 amide bonds. The molecule has 0 aromatic heterocycles. The lowest BCUT2D eigenvalue weighted by atomic mass is 9.87. The van der Waals surface area contributed by atoms with Gasteiger partial charge in [0.2, 0.25) is 12.7 Å². The van der Waals surface area contributed by atoms with Crippen LogP contribution in [-0.4, -0.2) is 42.3 Å². The van der Waals surface area contributed by atoms with Crippen LogP contribution >= 0.6 is 0 Å². The van der Waals surface area contributed by atoms with Gasteiger partial charge in [-0.15, -0.1) is 0 Å². The zero-order valence-corrected chi connectivity index (χ0v) is 13.4. The van der Waals surface area contributed by atoms with E-state index in [1.807, 2.05) is 18.2 Å². The Balaban J connectivity index is 1.40. The first-order chi connectivity index (χ1) is 11.7. The van der Waals surface area contributed by atoms with Crippen LogP contribution in [-0.2, 0) is 11.3 Å². The van der Waals surface area contributed by atoms with Crippen molar-refractivity contribution in [1.82, 2.24) is 15.5 Å². The summed E-state index contributed by atoms with van der Waals surface area (Å²) < 4.78 is 10.6. The summed E-state index contributed by atoms with van der Waals surface area (Å²) in [7, 11) is 0. The van der Waals surface area contributed by atoms with Crippen LogP contribution in [0.25, 0.3) is 0 Å². The van der Waals surface area contributed by atoms with Crippen LogP contribution in [0.3, 0.4) is 0 Å². The SMILES string of the molecule is O=C1CN(C(=O)NCc2ccc3c(c2)OCO3)[C@H]2CCCC[C@H]2N1. The lowest BCUT2D eigenvalue weighted by molar-refractivity contribution is -0.126. The van der Waals surface area contributed by atoms with Crippen molar-refractivity contribution in [1.29, 1.82) is 0 Å². The summed E-state index contributed by atoms with van der Waals surface area (Å²) in [6.45, 7) is 0.760. The Hall–Kier alpha value is -2.44. The van der Waals surface area contributed by atoms with Gasteiger partial charge in [-0.1, -0.05) is 18.9 Å². The van der Waals surface area contributed by atoms with Crippen LogP contribution in [0.1, 0.15) is 31.2 Å². The normalized spacial score (nSPS) is 25.0. The number of fused-ring (bicyclic) bond motifs is 2. The van der Waals surface area contributed by atoms with Crippen molar-refractivity contribution in [2.45, 2.75) is 44.3 Å². The van der Waals surface area contributed by atoms with Gasteiger partial charge in [-0.2, -0.15) is 0 Å². The molecule has 2 aliphatic heterocycles. The Morgan fingerprint density at radius 3 is 3.00 bits per heavy atom. The van der Waals surface area contributed by atoms with Crippen molar-refractivity contribution in [2.75, 3.05) is 13.3 Å². The molecule has 3 aliphatic rings. The molecule has 2 heterocycles. The van der Waals surface area contributed by atoms with Crippen LogP contribution in [0.4, 0.5) is 4.79 Å². The molecule has 0 spiro atoms.